The van der Waals surface area contributed by atoms with Crippen LogP contribution in [-0.2, 0) is 4.79 Å². The van der Waals surface area contributed by atoms with Gasteiger partial charge in [-0.1, -0.05) is 5.21 Å². The molecule has 0 saturated carbocycles. The number of hydrogen-bond donors (Lipinski definition) is 2. The Kier molecular flexibility index (Phi) is 3.19. The zero-order valence-corrected chi connectivity index (χ0v) is 9.60. The molecule has 1 amide bonds. The van der Waals surface area contributed by atoms with Crippen molar-refractivity contribution in [1.29, 1.82) is 0 Å². The number of carbonyl (C=O) groups excluding carboxylic acids is 1. The Hall–Kier alpha value is -1.43. The maximum absolute atomic E-state index is 11.4. The predicted octanol–water partition coefficient (Wildman–Crippen LogP) is 0.00960. The fourth-order valence-electron chi connectivity index (χ4n) is 1.69. The number of aromatic nitrogens is 3. The first-order valence-electron chi connectivity index (χ1n) is 5.58. The van der Waals surface area contributed by atoms with E-state index in [4.69, 9.17) is 0 Å². The van der Waals surface area contributed by atoms with Crippen molar-refractivity contribution < 1.29 is 4.79 Å². The number of carbonyl (C=O) groups is 1. The average Bonchev–Trinajstić information content (AvgIpc) is 2.63. The lowest BCUT2D eigenvalue weighted by molar-refractivity contribution is -0.121. The van der Waals surface area contributed by atoms with Crippen LogP contribution in [0.1, 0.15) is 38.0 Å². The molecule has 16 heavy (non-hydrogen) atoms. The van der Waals surface area contributed by atoms with Crippen molar-refractivity contribution >= 4 is 5.91 Å². The second-order valence-corrected chi connectivity index (χ2v) is 4.28. The Balaban J connectivity index is 2.12. The van der Waals surface area contributed by atoms with Crippen molar-refractivity contribution in [1.82, 2.24) is 25.6 Å². The number of rotatable bonds is 2. The third-order valence-electron chi connectivity index (χ3n) is 2.64. The molecular formula is C10H17N5O. The van der Waals surface area contributed by atoms with Gasteiger partial charge in [0.2, 0.25) is 5.91 Å². The summed E-state index contributed by atoms with van der Waals surface area (Å²) in [7, 11) is 0. The van der Waals surface area contributed by atoms with Gasteiger partial charge in [-0.25, -0.2) is 4.68 Å². The van der Waals surface area contributed by atoms with Crippen LogP contribution in [0.2, 0.25) is 0 Å². The summed E-state index contributed by atoms with van der Waals surface area (Å²) in [6.45, 7) is 5.54. The summed E-state index contributed by atoms with van der Waals surface area (Å²) >= 11 is 0. The quantitative estimate of drug-likeness (QED) is 0.741. The molecule has 0 spiro atoms. The molecule has 2 heterocycles. The van der Waals surface area contributed by atoms with Crippen LogP contribution in [0.3, 0.4) is 0 Å². The van der Waals surface area contributed by atoms with Crippen LogP contribution in [-0.4, -0.2) is 34.0 Å². The highest BCUT2D eigenvalue weighted by Crippen LogP contribution is 2.16. The molecule has 1 unspecified atom stereocenters. The first-order chi connectivity index (χ1) is 7.66. The molecule has 1 saturated heterocycles. The molecule has 0 aliphatic carbocycles. The SMILES string of the molecule is CC(C)n1cc(C2CC(=O)NCCN2)nn1. The molecule has 88 valence electrons. The highest BCUT2D eigenvalue weighted by molar-refractivity contribution is 5.76. The molecule has 2 rings (SSSR count). The molecule has 1 aromatic heterocycles. The molecule has 0 aromatic carbocycles. The molecule has 0 bridgehead atoms. The third kappa shape index (κ3) is 2.38. The first-order valence-corrected chi connectivity index (χ1v) is 5.58. The van der Waals surface area contributed by atoms with Crippen LogP contribution in [0, 0.1) is 0 Å². The normalized spacial score (nSPS) is 21.9. The molecule has 1 aliphatic heterocycles. The maximum atomic E-state index is 11.4. The molecular weight excluding hydrogens is 206 g/mol. The minimum atomic E-state index is -0.0185. The number of hydrogen-bond acceptors (Lipinski definition) is 4. The molecule has 6 heteroatoms. The molecule has 2 N–H and O–H groups in total. The zero-order valence-electron chi connectivity index (χ0n) is 9.60. The average molecular weight is 223 g/mol. The van der Waals surface area contributed by atoms with Gasteiger partial charge in [0.15, 0.2) is 0 Å². The van der Waals surface area contributed by atoms with E-state index in [1.807, 2.05) is 20.0 Å². The molecule has 6 nitrogen and oxygen atoms in total. The summed E-state index contributed by atoms with van der Waals surface area (Å²) in [5.74, 6) is 0.0640. The van der Waals surface area contributed by atoms with Crippen molar-refractivity contribution in [2.24, 2.45) is 0 Å². The van der Waals surface area contributed by atoms with Crippen LogP contribution in [0.4, 0.5) is 0 Å². The third-order valence-corrected chi connectivity index (χ3v) is 2.64. The largest absolute Gasteiger partial charge is 0.355 e. The predicted molar refractivity (Wildman–Crippen MR) is 58.8 cm³/mol. The van der Waals surface area contributed by atoms with E-state index in [1.165, 1.54) is 0 Å². The summed E-state index contributed by atoms with van der Waals surface area (Å²) in [6, 6.07) is 0.274. The Labute approximate surface area is 94.4 Å². The van der Waals surface area contributed by atoms with Crippen LogP contribution >= 0.6 is 0 Å². The van der Waals surface area contributed by atoms with Crippen LogP contribution in [0.25, 0.3) is 0 Å². The van der Waals surface area contributed by atoms with E-state index in [1.54, 1.807) is 4.68 Å². The van der Waals surface area contributed by atoms with Crippen molar-refractivity contribution in [2.75, 3.05) is 13.1 Å². The van der Waals surface area contributed by atoms with Crippen molar-refractivity contribution in [3.8, 4) is 0 Å². The molecule has 1 aromatic rings. The van der Waals surface area contributed by atoms with Gasteiger partial charge in [0.1, 0.15) is 5.69 Å². The lowest BCUT2D eigenvalue weighted by Crippen LogP contribution is -2.24. The fraction of sp³-hybridized carbons (Fsp3) is 0.700. The highest BCUT2D eigenvalue weighted by Gasteiger charge is 2.21. The van der Waals surface area contributed by atoms with Gasteiger partial charge in [-0.15, -0.1) is 5.10 Å². The monoisotopic (exact) mass is 223 g/mol. The Bertz CT molecular complexity index is 373. The summed E-state index contributed by atoms with van der Waals surface area (Å²) in [5.41, 5.74) is 0.839. The molecule has 0 radical (unpaired) electrons. The smallest absolute Gasteiger partial charge is 0.222 e. The minimum Gasteiger partial charge on any atom is -0.355 e. The molecule has 1 fully saturated rings. The van der Waals surface area contributed by atoms with Gasteiger partial charge in [0.05, 0.1) is 12.2 Å². The second kappa shape index (κ2) is 4.61. The van der Waals surface area contributed by atoms with Crippen molar-refractivity contribution in [3.63, 3.8) is 0 Å². The van der Waals surface area contributed by atoms with E-state index in [2.05, 4.69) is 20.9 Å². The second-order valence-electron chi connectivity index (χ2n) is 4.28. The van der Waals surface area contributed by atoms with Gasteiger partial charge in [-0.2, -0.15) is 0 Å². The zero-order chi connectivity index (χ0) is 11.5. The Morgan fingerprint density at radius 2 is 2.31 bits per heavy atom. The van der Waals surface area contributed by atoms with Crippen molar-refractivity contribution in [3.05, 3.63) is 11.9 Å². The molecule has 1 aliphatic rings. The van der Waals surface area contributed by atoms with Gasteiger partial charge in [-0.05, 0) is 13.8 Å². The van der Waals surface area contributed by atoms with Crippen LogP contribution in [0.15, 0.2) is 6.20 Å². The summed E-state index contributed by atoms with van der Waals surface area (Å²) in [5, 5.41) is 14.2. The lowest BCUT2D eigenvalue weighted by atomic mass is 10.1. The number of amides is 1. The lowest BCUT2D eigenvalue weighted by Gasteiger charge is -2.10. The summed E-state index contributed by atoms with van der Waals surface area (Å²) < 4.78 is 1.81. The number of nitrogens with one attached hydrogen (secondary N) is 2. The van der Waals surface area contributed by atoms with E-state index in [0.29, 0.717) is 19.0 Å². The van der Waals surface area contributed by atoms with Gasteiger partial charge in [0, 0.05) is 25.6 Å². The van der Waals surface area contributed by atoms with Gasteiger partial charge in [-0.3, -0.25) is 4.79 Å². The fourth-order valence-corrected chi connectivity index (χ4v) is 1.69. The summed E-state index contributed by atoms with van der Waals surface area (Å²) in [4.78, 5) is 11.4. The topological polar surface area (TPSA) is 71.8 Å². The van der Waals surface area contributed by atoms with Crippen LogP contribution in [0.5, 0.6) is 0 Å². The first kappa shape index (κ1) is 11.1. The van der Waals surface area contributed by atoms with Gasteiger partial charge >= 0.3 is 0 Å². The number of nitrogens with zero attached hydrogens (tertiary/aromatic N) is 3. The standard InChI is InChI=1S/C10H17N5O/c1-7(2)15-6-9(13-14-15)8-5-10(16)12-4-3-11-8/h6-8,11H,3-5H2,1-2H3,(H,12,16). The summed E-state index contributed by atoms with van der Waals surface area (Å²) in [6.07, 6.45) is 2.33. The minimum absolute atomic E-state index is 0.0185. The van der Waals surface area contributed by atoms with Gasteiger partial charge < -0.3 is 10.6 Å². The van der Waals surface area contributed by atoms with Crippen molar-refractivity contribution in [2.45, 2.75) is 32.4 Å². The van der Waals surface area contributed by atoms with E-state index in [9.17, 15) is 4.79 Å². The van der Waals surface area contributed by atoms with E-state index in [0.717, 1.165) is 12.2 Å². The van der Waals surface area contributed by atoms with E-state index >= 15 is 0 Å². The Morgan fingerprint density at radius 1 is 1.50 bits per heavy atom. The van der Waals surface area contributed by atoms with Gasteiger partial charge in [0.25, 0.3) is 0 Å². The van der Waals surface area contributed by atoms with E-state index in [-0.39, 0.29) is 11.9 Å². The van der Waals surface area contributed by atoms with Crippen LogP contribution < -0.4 is 10.6 Å². The maximum Gasteiger partial charge on any atom is 0.222 e. The Morgan fingerprint density at radius 3 is 3.00 bits per heavy atom. The molecule has 1 atom stereocenters. The van der Waals surface area contributed by atoms with E-state index < -0.39 is 0 Å². The highest BCUT2D eigenvalue weighted by atomic mass is 16.1.